The lowest BCUT2D eigenvalue weighted by Gasteiger charge is -2.26. The molecular formula is C17H29ClN2. The quantitative estimate of drug-likeness (QED) is 0.626. The molecule has 0 unspecified atom stereocenters. The summed E-state index contributed by atoms with van der Waals surface area (Å²) in [5, 5.41) is 0. The molecule has 0 saturated heterocycles. The van der Waals surface area contributed by atoms with E-state index in [1.54, 1.807) is 0 Å². The van der Waals surface area contributed by atoms with Gasteiger partial charge in [0.15, 0.2) is 0 Å². The van der Waals surface area contributed by atoms with Crippen molar-refractivity contribution in [3.8, 4) is 0 Å². The Morgan fingerprint density at radius 2 is 1.60 bits per heavy atom. The third kappa shape index (κ3) is 6.13. The van der Waals surface area contributed by atoms with E-state index in [1.165, 1.54) is 12.8 Å². The van der Waals surface area contributed by atoms with Crippen LogP contribution in [-0.4, -0.2) is 18.1 Å². The van der Waals surface area contributed by atoms with E-state index in [2.05, 4.69) is 44.7 Å². The summed E-state index contributed by atoms with van der Waals surface area (Å²) in [4.78, 5) is 7.12. The molecule has 0 fully saturated rings. The number of alkyl halides is 1. The average molecular weight is 297 g/mol. The molecule has 0 aliphatic heterocycles. The molecule has 0 aromatic carbocycles. The highest BCUT2D eigenvalue weighted by molar-refractivity contribution is 6.17. The number of anilines is 1. The average Bonchev–Trinajstić information content (AvgIpc) is 2.37. The number of aromatic nitrogens is 1. The molecular weight excluding hydrogens is 268 g/mol. The van der Waals surface area contributed by atoms with Gasteiger partial charge in [-0.05, 0) is 49.3 Å². The molecule has 0 aliphatic carbocycles. The molecule has 0 bridgehead atoms. The normalized spacial score (nSPS) is 11.4. The van der Waals surface area contributed by atoms with E-state index in [1.807, 2.05) is 6.92 Å². The Morgan fingerprint density at radius 1 is 1.05 bits per heavy atom. The van der Waals surface area contributed by atoms with Gasteiger partial charge in [0, 0.05) is 24.7 Å². The zero-order chi connectivity index (χ0) is 15.1. The highest BCUT2D eigenvalue weighted by Crippen LogP contribution is 2.19. The monoisotopic (exact) mass is 296 g/mol. The first-order valence-electron chi connectivity index (χ1n) is 7.70. The van der Waals surface area contributed by atoms with Gasteiger partial charge in [0.05, 0.1) is 0 Å². The maximum absolute atomic E-state index is 5.98. The third-order valence-corrected chi connectivity index (χ3v) is 3.74. The van der Waals surface area contributed by atoms with Gasteiger partial charge < -0.3 is 4.90 Å². The van der Waals surface area contributed by atoms with Crippen molar-refractivity contribution >= 4 is 17.4 Å². The largest absolute Gasteiger partial charge is 0.357 e. The molecule has 2 nitrogen and oxygen atoms in total. The van der Waals surface area contributed by atoms with Crippen LogP contribution in [0.3, 0.4) is 0 Å². The standard InChI is InChI=1S/C17H29ClN2/c1-13(2)6-8-20(9-7-14(3)4)17-11-16(12-18)10-15(5)19-17/h10-11,13-14H,6-9,12H2,1-5H3. The van der Waals surface area contributed by atoms with Gasteiger partial charge in [-0.3, -0.25) is 0 Å². The Labute approximate surface area is 129 Å². The fourth-order valence-corrected chi connectivity index (χ4v) is 2.28. The molecule has 1 rings (SSSR count). The van der Waals surface area contributed by atoms with Crippen molar-refractivity contribution in [3.05, 3.63) is 23.4 Å². The van der Waals surface area contributed by atoms with Crippen LogP contribution in [-0.2, 0) is 5.88 Å². The molecule has 1 aromatic heterocycles. The topological polar surface area (TPSA) is 16.1 Å². The van der Waals surface area contributed by atoms with Crippen LogP contribution in [0, 0.1) is 18.8 Å². The summed E-state index contributed by atoms with van der Waals surface area (Å²) in [6.07, 6.45) is 2.40. The second-order valence-corrected chi connectivity index (χ2v) is 6.73. The second kappa shape index (κ2) is 8.51. The smallest absolute Gasteiger partial charge is 0.129 e. The van der Waals surface area contributed by atoms with E-state index in [9.17, 15) is 0 Å². The van der Waals surface area contributed by atoms with Crippen LogP contribution < -0.4 is 4.90 Å². The molecule has 0 atom stereocenters. The van der Waals surface area contributed by atoms with Gasteiger partial charge in [0.2, 0.25) is 0 Å². The third-order valence-electron chi connectivity index (χ3n) is 3.43. The number of nitrogens with zero attached hydrogens (tertiary/aromatic N) is 2. The maximum atomic E-state index is 5.98. The van der Waals surface area contributed by atoms with Crippen LogP contribution in [0.15, 0.2) is 12.1 Å². The van der Waals surface area contributed by atoms with Crippen LogP contribution in [0.5, 0.6) is 0 Å². The van der Waals surface area contributed by atoms with Gasteiger partial charge in [0.25, 0.3) is 0 Å². The van der Waals surface area contributed by atoms with Crippen LogP contribution in [0.4, 0.5) is 5.82 Å². The van der Waals surface area contributed by atoms with E-state index >= 15 is 0 Å². The van der Waals surface area contributed by atoms with Crippen LogP contribution in [0.1, 0.15) is 51.8 Å². The van der Waals surface area contributed by atoms with Crippen LogP contribution in [0.2, 0.25) is 0 Å². The molecule has 20 heavy (non-hydrogen) atoms. The second-order valence-electron chi connectivity index (χ2n) is 6.46. The van der Waals surface area contributed by atoms with Crippen molar-refractivity contribution in [2.75, 3.05) is 18.0 Å². The fourth-order valence-electron chi connectivity index (χ4n) is 2.13. The molecule has 0 amide bonds. The molecule has 3 heteroatoms. The highest BCUT2D eigenvalue weighted by Gasteiger charge is 2.11. The van der Waals surface area contributed by atoms with E-state index in [0.717, 1.165) is 30.2 Å². The van der Waals surface area contributed by atoms with E-state index in [-0.39, 0.29) is 0 Å². The minimum atomic E-state index is 0.554. The summed E-state index contributed by atoms with van der Waals surface area (Å²) in [5.41, 5.74) is 2.21. The lowest BCUT2D eigenvalue weighted by atomic mass is 10.1. The predicted molar refractivity (Wildman–Crippen MR) is 89.7 cm³/mol. The van der Waals surface area contributed by atoms with Gasteiger partial charge in [-0.25, -0.2) is 4.98 Å². The Morgan fingerprint density at radius 3 is 2.05 bits per heavy atom. The van der Waals surface area contributed by atoms with Crippen LogP contribution in [0.25, 0.3) is 0 Å². The first kappa shape index (κ1) is 17.3. The number of halogens is 1. The zero-order valence-electron chi connectivity index (χ0n) is 13.6. The van der Waals surface area contributed by atoms with Gasteiger partial charge in [-0.15, -0.1) is 11.6 Å². The molecule has 0 aliphatic rings. The fraction of sp³-hybridized carbons (Fsp3) is 0.706. The molecule has 1 aromatic rings. The number of hydrogen-bond donors (Lipinski definition) is 0. The Kier molecular flexibility index (Phi) is 7.36. The zero-order valence-corrected chi connectivity index (χ0v) is 14.4. The van der Waals surface area contributed by atoms with Crippen molar-refractivity contribution in [1.82, 2.24) is 4.98 Å². The van der Waals surface area contributed by atoms with Crippen molar-refractivity contribution < 1.29 is 0 Å². The van der Waals surface area contributed by atoms with Gasteiger partial charge in [-0.1, -0.05) is 27.7 Å². The van der Waals surface area contributed by atoms with Crippen molar-refractivity contribution in [1.29, 1.82) is 0 Å². The Bertz CT molecular complexity index is 390. The van der Waals surface area contributed by atoms with Gasteiger partial charge >= 0.3 is 0 Å². The molecule has 0 spiro atoms. The number of hydrogen-bond acceptors (Lipinski definition) is 2. The first-order chi connectivity index (χ1) is 9.42. The summed E-state index contributed by atoms with van der Waals surface area (Å²) < 4.78 is 0. The first-order valence-corrected chi connectivity index (χ1v) is 8.24. The highest BCUT2D eigenvalue weighted by atomic mass is 35.5. The van der Waals surface area contributed by atoms with E-state index in [0.29, 0.717) is 17.7 Å². The Hall–Kier alpha value is -0.760. The summed E-state index contributed by atoms with van der Waals surface area (Å²) >= 11 is 5.98. The minimum absolute atomic E-state index is 0.554. The van der Waals surface area contributed by atoms with Crippen molar-refractivity contribution in [2.24, 2.45) is 11.8 Å². The van der Waals surface area contributed by atoms with Gasteiger partial charge in [0.1, 0.15) is 5.82 Å². The Balaban J connectivity index is 2.86. The summed E-state index contributed by atoms with van der Waals surface area (Å²) in [6, 6.07) is 4.21. The molecule has 0 N–H and O–H groups in total. The molecule has 114 valence electrons. The summed E-state index contributed by atoms with van der Waals surface area (Å²) in [7, 11) is 0. The SMILES string of the molecule is Cc1cc(CCl)cc(N(CCC(C)C)CCC(C)C)n1. The lowest BCUT2D eigenvalue weighted by Crippen LogP contribution is -2.28. The van der Waals surface area contributed by atoms with E-state index in [4.69, 9.17) is 16.6 Å². The number of rotatable bonds is 8. The number of aryl methyl sites for hydroxylation is 1. The molecule has 0 saturated carbocycles. The maximum Gasteiger partial charge on any atom is 0.129 e. The summed E-state index contributed by atoms with van der Waals surface area (Å²) in [6.45, 7) is 13.3. The van der Waals surface area contributed by atoms with Gasteiger partial charge in [-0.2, -0.15) is 0 Å². The van der Waals surface area contributed by atoms with Crippen molar-refractivity contribution in [2.45, 2.75) is 53.3 Å². The molecule has 0 radical (unpaired) electrons. The van der Waals surface area contributed by atoms with Crippen LogP contribution >= 0.6 is 11.6 Å². The number of pyridine rings is 1. The van der Waals surface area contributed by atoms with E-state index < -0.39 is 0 Å². The minimum Gasteiger partial charge on any atom is -0.357 e. The molecule has 1 heterocycles. The lowest BCUT2D eigenvalue weighted by molar-refractivity contribution is 0.532. The van der Waals surface area contributed by atoms with Crippen molar-refractivity contribution in [3.63, 3.8) is 0 Å². The summed E-state index contributed by atoms with van der Waals surface area (Å²) in [5.74, 6) is 3.07. The predicted octanol–water partition coefficient (Wildman–Crippen LogP) is 5.03.